The molecule has 4 saturated heterocycles. The van der Waals surface area contributed by atoms with Crippen LogP contribution < -0.4 is 56.8 Å². The summed E-state index contributed by atoms with van der Waals surface area (Å²) < 4.78 is 67.0. The summed E-state index contributed by atoms with van der Waals surface area (Å²) in [5.41, 5.74) is 14.5. The quantitative estimate of drug-likeness (QED) is 0.0730. The number of aromatic hydroxyl groups is 8. The summed E-state index contributed by atoms with van der Waals surface area (Å²) in [4.78, 5) is 83.5. The topological polar surface area (TPSA) is 485 Å². The summed E-state index contributed by atoms with van der Waals surface area (Å²) in [5.74, 6) is 2.95. The highest BCUT2D eigenvalue weighted by molar-refractivity contribution is 6.10. The minimum absolute atomic E-state index is 0.00309. The van der Waals surface area contributed by atoms with Crippen LogP contribution >= 0.6 is 0 Å². The van der Waals surface area contributed by atoms with E-state index in [-0.39, 0.29) is 138 Å². The molecular formula is C100H108N8O30. The summed E-state index contributed by atoms with van der Waals surface area (Å²) in [7, 11) is 13.3. The van der Waals surface area contributed by atoms with Gasteiger partial charge in [0.25, 0.3) is 0 Å². The van der Waals surface area contributed by atoms with Crippen LogP contribution in [0.25, 0.3) is 6.08 Å². The number of carbonyl (C=O) groups is 5. The fraction of sp³-hybridized carbons (Fsp3) is 0.450. The second-order valence-corrected chi connectivity index (χ2v) is 38.2. The van der Waals surface area contributed by atoms with Crippen molar-refractivity contribution in [2.45, 2.75) is 184 Å². The van der Waals surface area contributed by atoms with Gasteiger partial charge in [0.15, 0.2) is 97.8 Å². The largest absolute Gasteiger partial charge is 0.507 e. The van der Waals surface area contributed by atoms with E-state index in [0.717, 1.165) is 50.1 Å². The maximum atomic E-state index is 14.1. The number of phenolic OH excluding ortho intramolecular Hbond substituents is 8. The molecule has 16 aliphatic rings. The second-order valence-electron chi connectivity index (χ2n) is 38.2. The van der Waals surface area contributed by atoms with Gasteiger partial charge in [0, 0.05) is 89.1 Å². The Morgan fingerprint density at radius 1 is 0.348 bits per heavy atom. The van der Waals surface area contributed by atoms with Crippen LogP contribution in [0.3, 0.4) is 0 Å². The number of hydrogen-bond acceptors (Lipinski definition) is 34. The Morgan fingerprint density at radius 3 is 1.19 bits per heavy atom. The Labute approximate surface area is 791 Å². The number of benzene rings is 8. The van der Waals surface area contributed by atoms with Gasteiger partial charge < -0.3 is 143 Å². The SMILES string of the molecule is COc1c(C)cc2c(c1O)[C@@H]1C3=Cc4c(O)c(C)c5c(c4[C@H](CO)N3C(=O)[C@H](C2)N1C)OCO5.COc1c(C)cc2c(c1O)[C@@H]1C3C(=O)c4c(O)c(C)c5c(c4[C@H](CO)N3C(=O)[C@H](C2)N1C)OCO5.COc1c(C)cc2c(c1O)[C@@H]1C3C(O)c4c(O)c(C)c5c(c4[C@H](CO)N3C(=O)[C@H](C2)N1C)OCO5.COc1c(C)cc2c(c1O)[C@@H]1C3Cc4c(O)c(C)c5c(c4[C@H](CO)N3C(=O)[C@H](C2)N1C)OCO5. The average Bonchev–Trinajstić information content (AvgIpc) is 1.04. The number of phenols is 8. The van der Waals surface area contributed by atoms with Gasteiger partial charge in [0.1, 0.15) is 35.1 Å². The molecule has 13 N–H and O–H groups in total. The molecule has 8 aromatic carbocycles. The number of amides is 4. The van der Waals surface area contributed by atoms with Gasteiger partial charge >= 0.3 is 0 Å². The zero-order chi connectivity index (χ0) is 97.9. The van der Waals surface area contributed by atoms with Gasteiger partial charge in [-0.1, -0.05) is 24.3 Å². The summed E-state index contributed by atoms with van der Waals surface area (Å²) in [6.07, 6.45) is 2.35. The van der Waals surface area contributed by atoms with E-state index in [1.54, 1.807) is 62.6 Å². The number of likely N-dealkylation sites (N-methyl/N-ethyl adjacent to an activating group) is 4. The molecule has 0 saturated carbocycles. The molecule has 0 aliphatic carbocycles. The van der Waals surface area contributed by atoms with Crippen LogP contribution in [0.15, 0.2) is 30.0 Å². The molecule has 38 heteroatoms. The average molecular weight is 1900 g/mol. The van der Waals surface area contributed by atoms with E-state index in [4.69, 9.17) is 56.8 Å². The van der Waals surface area contributed by atoms with Crippen molar-refractivity contribution in [3.8, 4) is 115 Å². The van der Waals surface area contributed by atoms with Crippen molar-refractivity contribution in [1.29, 1.82) is 0 Å². The van der Waals surface area contributed by atoms with Gasteiger partial charge in [-0.05, 0) is 166 Å². The van der Waals surface area contributed by atoms with Crippen LogP contribution in [0, 0.1) is 55.4 Å². The minimum atomic E-state index is -1.32. The molecule has 24 rings (SSSR count). The molecule has 4 fully saturated rings. The molecule has 16 heterocycles. The number of aryl methyl sites for hydroxylation is 4. The zero-order valence-corrected chi connectivity index (χ0v) is 78.6. The number of Topliss-reactive ketones (excluding diaryl/α,β-unsaturated/α-hetero) is 1. The molecule has 728 valence electrons. The predicted octanol–water partition coefficient (Wildman–Crippen LogP) is 6.96. The van der Waals surface area contributed by atoms with Crippen molar-refractivity contribution >= 4 is 35.5 Å². The lowest BCUT2D eigenvalue weighted by Crippen LogP contribution is -2.68. The maximum Gasteiger partial charge on any atom is 0.245 e. The van der Waals surface area contributed by atoms with Crippen LogP contribution in [0.2, 0.25) is 0 Å². The smallest absolute Gasteiger partial charge is 0.245 e. The van der Waals surface area contributed by atoms with Gasteiger partial charge in [-0.15, -0.1) is 0 Å². The van der Waals surface area contributed by atoms with E-state index in [1.165, 1.54) is 38.2 Å². The lowest BCUT2D eigenvalue weighted by Gasteiger charge is -2.58. The number of ether oxygens (including phenoxy) is 12. The monoisotopic (exact) mass is 1900 g/mol. The van der Waals surface area contributed by atoms with Crippen LogP contribution in [-0.4, -0.2) is 288 Å². The van der Waals surface area contributed by atoms with Crippen molar-refractivity contribution in [2.75, 3.05) is 110 Å². The Hall–Kier alpha value is -13.3. The number of rotatable bonds is 8. The summed E-state index contributed by atoms with van der Waals surface area (Å²) in [6, 6.07) is -2.10. The van der Waals surface area contributed by atoms with Crippen molar-refractivity contribution in [3.05, 3.63) is 163 Å². The highest BCUT2D eigenvalue weighted by Crippen LogP contribution is 2.66. The van der Waals surface area contributed by atoms with Crippen LogP contribution in [0.5, 0.6) is 115 Å². The molecule has 4 unspecified atom stereocenters. The Balaban J connectivity index is 0.000000110. The van der Waals surface area contributed by atoms with Gasteiger partial charge in [-0.2, -0.15) is 0 Å². The molecule has 16 atom stereocenters. The fourth-order valence-corrected chi connectivity index (χ4v) is 25.8. The van der Waals surface area contributed by atoms with Gasteiger partial charge in [0.2, 0.25) is 50.8 Å². The molecule has 38 nitrogen and oxygen atoms in total. The number of fused-ring (bicyclic) bond motifs is 36. The Morgan fingerprint density at radius 2 is 0.710 bits per heavy atom. The van der Waals surface area contributed by atoms with E-state index in [1.807, 2.05) is 80.8 Å². The van der Waals surface area contributed by atoms with E-state index in [0.29, 0.717) is 168 Å². The third-order valence-corrected chi connectivity index (χ3v) is 31.8. The first-order valence-corrected chi connectivity index (χ1v) is 45.7. The highest BCUT2D eigenvalue weighted by Gasteiger charge is 2.64. The summed E-state index contributed by atoms with van der Waals surface area (Å²) in [6.45, 7) is 12.4. The predicted molar refractivity (Wildman–Crippen MR) is 484 cm³/mol. The molecule has 8 bridgehead atoms. The van der Waals surface area contributed by atoms with Gasteiger partial charge in [-0.25, -0.2) is 0 Å². The first-order valence-electron chi connectivity index (χ1n) is 45.7. The number of hydrogen-bond donors (Lipinski definition) is 13. The third kappa shape index (κ3) is 12.2. The molecule has 138 heavy (non-hydrogen) atoms. The lowest BCUT2D eigenvalue weighted by molar-refractivity contribution is -0.168. The van der Waals surface area contributed by atoms with E-state index in [9.17, 15) is 90.4 Å². The Kier molecular flexibility index (Phi) is 21.6. The minimum Gasteiger partial charge on any atom is -0.507 e. The number of ketones is 1. The summed E-state index contributed by atoms with van der Waals surface area (Å²) in [5, 5.41) is 143. The third-order valence-electron chi connectivity index (χ3n) is 31.8. The van der Waals surface area contributed by atoms with Crippen molar-refractivity contribution in [3.63, 3.8) is 0 Å². The highest BCUT2D eigenvalue weighted by atomic mass is 16.7. The van der Waals surface area contributed by atoms with E-state index < -0.39 is 110 Å². The first kappa shape index (κ1) is 91.1. The normalized spacial score (nSPS) is 26.5. The number of carbonyl (C=O) groups excluding carboxylic acids is 5. The molecule has 16 aliphatic heterocycles. The molecule has 0 spiro atoms. The first-order chi connectivity index (χ1) is 66.0. The number of aliphatic hydroxyl groups excluding tert-OH is 5. The van der Waals surface area contributed by atoms with Crippen molar-refractivity contribution in [1.82, 2.24) is 39.2 Å². The van der Waals surface area contributed by atoms with Crippen LogP contribution in [0.1, 0.15) is 193 Å². The molecule has 8 aromatic rings. The molecule has 0 aromatic heterocycles. The van der Waals surface area contributed by atoms with Crippen molar-refractivity contribution in [2.24, 2.45) is 0 Å². The maximum absolute atomic E-state index is 14.1. The number of methoxy groups -OCH3 is 4. The zero-order valence-electron chi connectivity index (χ0n) is 78.6. The molecule has 4 amide bonds. The van der Waals surface area contributed by atoms with E-state index >= 15 is 0 Å². The summed E-state index contributed by atoms with van der Waals surface area (Å²) >= 11 is 0. The van der Waals surface area contributed by atoms with Crippen LogP contribution in [-0.2, 0) is 51.3 Å². The van der Waals surface area contributed by atoms with Crippen LogP contribution in [0.4, 0.5) is 0 Å². The lowest BCUT2D eigenvalue weighted by atomic mass is 9.72. The fourth-order valence-electron chi connectivity index (χ4n) is 25.8. The number of piperazine rings is 4. The molecular weight excluding hydrogens is 1790 g/mol. The van der Waals surface area contributed by atoms with E-state index in [2.05, 4.69) is 0 Å². The number of aliphatic hydroxyl groups is 5. The Bertz CT molecular complexity index is 6720. The number of nitrogens with zero attached hydrogens (tertiary/aromatic N) is 8. The molecule has 0 radical (unpaired) electrons. The van der Waals surface area contributed by atoms with Gasteiger partial charge in [-0.3, -0.25) is 43.6 Å². The van der Waals surface area contributed by atoms with Crippen molar-refractivity contribution < 1.29 is 147 Å². The second kappa shape index (κ2) is 32.7. The van der Waals surface area contributed by atoms with Gasteiger partial charge in [0.05, 0.1) is 145 Å². The standard InChI is InChI=1S/C25H28N2O8.C25H26N2O8.C25H28N2O7.C25H26N2O7/c2*1-9-5-11-6-12-25(32)27-13(7-28)15-16(19(29)10(2)23-24(15)35-8-34-23)20(30)18(27)17(26(12)3)14(11)21(31)22(9)33-4;2*1-10-5-12-6-15-25(31)27-14(19(26(15)3)17(12)21(30)22(10)32-4)7-13-18(16(27)8-28)24-23(33-9-34-24)11(2)20(13)29/h5,12-13,17-18,20,28-31H,6-8H2,1-4H3;5,12-13,17-18,28-29,31H,6-8H2,1-4H3;5,14-16,19,28-30H,6-9H2,1-4H3;5,7,15-16,19,28-30H,6,8-9H2,1-4H3/t12-,13-,17+,18?,20?;12-,13-,17+,18?;14?,15-,16-,19-;15-,16-,19-/m0000/s1.